The first-order chi connectivity index (χ1) is 12.3. The highest BCUT2D eigenvalue weighted by molar-refractivity contribution is 5.68. The Kier molecular flexibility index (Phi) is 7.06. The van der Waals surface area contributed by atoms with Crippen molar-refractivity contribution in [2.24, 2.45) is 0 Å². The first kappa shape index (κ1) is 19.8. The fourth-order valence-electron chi connectivity index (χ4n) is 2.62. The van der Waals surface area contributed by atoms with Gasteiger partial charge in [0.25, 0.3) is 0 Å². The standard InChI is InChI=1S/C20H28N2O4/c1-20(2,3)26-19(24)22-12-8-7-11-21-18(23)25-17-13-16(14-17)15-9-5-4-6-10-15/h4-10,16-17H,11-14H2,1-3H3,(H,21,23)(H,22,24)/b8-7+/t16-,17-. The number of alkyl carbamates (subject to hydrolysis) is 2. The van der Waals surface area contributed by atoms with E-state index in [9.17, 15) is 9.59 Å². The van der Waals surface area contributed by atoms with Crippen molar-refractivity contribution in [3.8, 4) is 0 Å². The summed E-state index contributed by atoms with van der Waals surface area (Å²) in [5.41, 5.74) is 0.786. The Morgan fingerprint density at radius 3 is 2.19 bits per heavy atom. The highest BCUT2D eigenvalue weighted by Gasteiger charge is 2.32. The monoisotopic (exact) mass is 360 g/mol. The van der Waals surface area contributed by atoms with Crippen molar-refractivity contribution < 1.29 is 19.1 Å². The molecule has 2 rings (SSSR count). The minimum Gasteiger partial charge on any atom is -0.446 e. The maximum atomic E-state index is 11.7. The van der Waals surface area contributed by atoms with Crippen LogP contribution in [-0.4, -0.2) is 37.0 Å². The Balaban J connectivity index is 1.53. The van der Waals surface area contributed by atoms with Crippen LogP contribution in [0.1, 0.15) is 45.1 Å². The molecule has 26 heavy (non-hydrogen) atoms. The number of hydrogen-bond donors (Lipinski definition) is 2. The van der Waals surface area contributed by atoms with E-state index in [2.05, 4.69) is 22.8 Å². The molecule has 1 aromatic rings. The number of ether oxygens (including phenoxy) is 2. The fraction of sp³-hybridized carbons (Fsp3) is 0.500. The molecule has 142 valence electrons. The average Bonchev–Trinajstić information content (AvgIpc) is 2.53. The molecule has 1 aromatic carbocycles. The molecule has 1 aliphatic carbocycles. The third kappa shape index (κ3) is 7.17. The summed E-state index contributed by atoms with van der Waals surface area (Å²) in [5.74, 6) is 0.479. The molecule has 2 N–H and O–H groups in total. The van der Waals surface area contributed by atoms with Crippen LogP contribution in [0.25, 0.3) is 0 Å². The minimum atomic E-state index is -0.514. The largest absolute Gasteiger partial charge is 0.446 e. The minimum absolute atomic E-state index is 0.0157. The maximum absolute atomic E-state index is 11.7. The van der Waals surface area contributed by atoms with Gasteiger partial charge < -0.3 is 20.1 Å². The zero-order valence-electron chi connectivity index (χ0n) is 15.7. The Morgan fingerprint density at radius 1 is 1.04 bits per heavy atom. The zero-order chi connectivity index (χ0) is 19.0. The second kappa shape index (κ2) is 9.27. The number of amides is 2. The molecular formula is C20H28N2O4. The van der Waals surface area contributed by atoms with Crippen LogP contribution in [0.3, 0.4) is 0 Å². The van der Waals surface area contributed by atoms with Gasteiger partial charge in [0.05, 0.1) is 0 Å². The van der Waals surface area contributed by atoms with Crippen LogP contribution in [0.4, 0.5) is 9.59 Å². The van der Waals surface area contributed by atoms with Crippen LogP contribution >= 0.6 is 0 Å². The summed E-state index contributed by atoms with van der Waals surface area (Å²) in [6.07, 6.45) is 4.35. The normalized spacial score (nSPS) is 19.5. The van der Waals surface area contributed by atoms with Crippen molar-refractivity contribution >= 4 is 12.2 Å². The predicted molar refractivity (Wildman–Crippen MR) is 100 cm³/mol. The second-order valence-electron chi connectivity index (χ2n) is 7.34. The molecule has 0 heterocycles. The summed E-state index contributed by atoms with van der Waals surface area (Å²) < 4.78 is 10.5. The van der Waals surface area contributed by atoms with E-state index < -0.39 is 17.8 Å². The van der Waals surface area contributed by atoms with Crippen molar-refractivity contribution in [1.82, 2.24) is 10.6 Å². The smallest absolute Gasteiger partial charge is 0.407 e. The van der Waals surface area contributed by atoms with E-state index in [-0.39, 0.29) is 6.10 Å². The van der Waals surface area contributed by atoms with Crippen LogP contribution in [0.2, 0.25) is 0 Å². The number of hydrogen-bond acceptors (Lipinski definition) is 4. The number of benzene rings is 1. The van der Waals surface area contributed by atoms with Gasteiger partial charge in [-0.05, 0) is 45.1 Å². The Bertz CT molecular complexity index is 616. The molecule has 0 atom stereocenters. The van der Waals surface area contributed by atoms with Gasteiger partial charge >= 0.3 is 12.2 Å². The molecule has 0 aliphatic heterocycles. The van der Waals surface area contributed by atoms with E-state index in [0.717, 1.165) is 12.8 Å². The highest BCUT2D eigenvalue weighted by Crippen LogP contribution is 2.38. The van der Waals surface area contributed by atoms with E-state index in [4.69, 9.17) is 9.47 Å². The van der Waals surface area contributed by atoms with Gasteiger partial charge in [-0.15, -0.1) is 0 Å². The lowest BCUT2D eigenvalue weighted by Gasteiger charge is -2.34. The van der Waals surface area contributed by atoms with Gasteiger partial charge in [-0.25, -0.2) is 9.59 Å². The molecular weight excluding hydrogens is 332 g/mol. The van der Waals surface area contributed by atoms with Gasteiger partial charge in [-0.3, -0.25) is 0 Å². The van der Waals surface area contributed by atoms with Gasteiger partial charge in [0.2, 0.25) is 0 Å². The SMILES string of the molecule is CC(C)(C)OC(=O)NC/C=C/CNC(=O)O[C@H]1C[C@H](c2ccccc2)C1. The molecule has 1 fully saturated rings. The molecule has 0 spiro atoms. The van der Waals surface area contributed by atoms with Crippen LogP contribution < -0.4 is 10.6 Å². The number of carbonyl (C=O) groups excluding carboxylic acids is 2. The Labute approximate surface area is 154 Å². The Morgan fingerprint density at radius 2 is 1.62 bits per heavy atom. The van der Waals surface area contributed by atoms with E-state index in [0.29, 0.717) is 19.0 Å². The quantitative estimate of drug-likeness (QED) is 0.758. The lowest BCUT2D eigenvalue weighted by molar-refractivity contribution is 0.0400. The number of rotatable bonds is 6. The van der Waals surface area contributed by atoms with E-state index in [1.807, 2.05) is 39.0 Å². The van der Waals surface area contributed by atoms with Crippen molar-refractivity contribution in [3.05, 3.63) is 48.0 Å². The first-order valence-corrected chi connectivity index (χ1v) is 8.95. The Hall–Kier alpha value is -2.50. The maximum Gasteiger partial charge on any atom is 0.407 e. The average molecular weight is 360 g/mol. The van der Waals surface area contributed by atoms with Crippen LogP contribution in [0.15, 0.2) is 42.5 Å². The highest BCUT2D eigenvalue weighted by atomic mass is 16.6. The van der Waals surface area contributed by atoms with Crippen molar-refractivity contribution in [3.63, 3.8) is 0 Å². The molecule has 6 nitrogen and oxygen atoms in total. The lowest BCUT2D eigenvalue weighted by Crippen LogP contribution is -2.36. The van der Waals surface area contributed by atoms with Crippen molar-refractivity contribution in [2.45, 2.75) is 51.2 Å². The second-order valence-corrected chi connectivity index (χ2v) is 7.34. The predicted octanol–water partition coefficient (Wildman–Crippen LogP) is 3.74. The van der Waals surface area contributed by atoms with Crippen LogP contribution in [-0.2, 0) is 9.47 Å². The summed E-state index contributed by atoms with van der Waals surface area (Å²) in [6.45, 7) is 6.11. The van der Waals surface area contributed by atoms with Gasteiger partial charge in [0.15, 0.2) is 0 Å². The van der Waals surface area contributed by atoms with Crippen molar-refractivity contribution in [2.75, 3.05) is 13.1 Å². The molecule has 0 bridgehead atoms. The topological polar surface area (TPSA) is 76.7 Å². The summed E-state index contributed by atoms with van der Waals surface area (Å²) in [5, 5.41) is 5.28. The van der Waals surface area contributed by atoms with Gasteiger partial charge in [0.1, 0.15) is 11.7 Å². The van der Waals surface area contributed by atoms with E-state index >= 15 is 0 Å². The summed E-state index contributed by atoms with van der Waals surface area (Å²) >= 11 is 0. The summed E-state index contributed by atoms with van der Waals surface area (Å²) in [4.78, 5) is 23.2. The van der Waals surface area contributed by atoms with Crippen LogP contribution in [0, 0.1) is 0 Å². The van der Waals surface area contributed by atoms with E-state index in [1.165, 1.54) is 5.56 Å². The lowest BCUT2D eigenvalue weighted by atomic mass is 9.77. The molecule has 0 unspecified atom stereocenters. The summed E-state index contributed by atoms with van der Waals surface area (Å²) in [6, 6.07) is 10.3. The third-order valence-corrected chi connectivity index (χ3v) is 3.93. The van der Waals surface area contributed by atoms with Crippen LogP contribution in [0.5, 0.6) is 0 Å². The van der Waals surface area contributed by atoms with Gasteiger partial charge in [-0.2, -0.15) is 0 Å². The molecule has 2 amide bonds. The van der Waals surface area contributed by atoms with E-state index in [1.54, 1.807) is 12.2 Å². The molecule has 1 saturated carbocycles. The van der Waals surface area contributed by atoms with Gasteiger partial charge in [-0.1, -0.05) is 42.5 Å². The number of carbonyl (C=O) groups is 2. The molecule has 1 aliphatic rings. The fourth-order valence-corrected chi connectivity index (χ4v) is 2.62. The third-order valence-electron chi connectivity index (χ3n) is 3.93. The zero-order valence-corrected chi connectivity index (χ0v) is 15.7. The number of nitrogens with one attached hydrogen (secondary N) is 2. The molecule has 0 radical (unpaired) electrons. The molecule has 0 aromatic heterocycles. The van der Waals surface area contributed by atoms with Crippen molar-refractivity contribution in [1.29, 1.82) is 0 Å². The molecule has 6 heteroatoms. The summed E-state index contributed by atoms with van der Waals surface area (Å²) in [7, 11) is 0. The van der Waals surface area contributed by atoms with Gasteiger partial charge in [0, 0.05) is 13.1 Å². The first-order valence-electron chi connectivity index (χ1n) is 8.95. The molecule has 0 saturated heterocycles.